The fraction of sp³-hybridized carbons (Fsp3) is 1.00. The molecule has 0 amide bonds. The van der Waals surface area contributed by atoms with Gasteiger partial charge in [0, 0.05) is 78.5 Å². The first-order chi connectivity index (χ1) is 10.2. The fourth-order valence-corrected chi connectivity index (χ4v) is 2.39. The van der Waals surface area contributed by atoms with E-state index in [4.69, 9.17) is 22.9 Å². The number of hydrogen-bond donors (Lipinski definition) is 4. The van der Waals surface area contributed by atoms with Crippen molar-refractivity contribution in [1.82, 2.24) is 14.7 Å². The van der Waals surface area contributed by atoms with Gasteiger partial charge in [-0.3, -0.25) is 9.80 Å². The minimum atomic E-state index is 0.678. The van der Waals surface area contributed by atoms with E-state index >= 15 is 0 Å². The summed E-state index contributed by atoms with van der Waals surface area (Å²) in [6.07, 6.45) is 0. The maximum absolute atomic E-state index is 5.72. The molecule has 7 heteroatoms. The molecule has 0 atom stereocenters. The Morgan fingerprint density at radius 1 is 0.476 bits per heavy atom. The lowest BCUT2D eigenvalue weighted by atomic mass is 10.3. The molecule has 0 aliphatic heterocycles. The Bertz CT molecular complexity index is 209. The Labute approximate surface area is 130 Å². The SMILES string of the molecule is CCN(CCN)CCN(CCN)CCN(CCN)CCN. The van der Waals surface area contributed by atoms with Gasteiger partial charge in [-0.25, -0.2) is 0 Å². The first kappa shape index (κ1) is 20.7. The molecule has 0 radical (unpaired) electrons. The third kappa shape index (κ3) is 11.0. The van der Waals surface area contributed by atoms with Gasteiger partial charge in [-0.2, -0.15) is 0 Å². The van der Waals surface area contributed by atoms with Gasteiger partial charge in [0.15, 0.2) is 0 Å². The lowest BCUT2D eigenvalue weighted by Gasteiger charge is -2.29. The second-order valence-electron chi connectivity index (χ2n) is 5.27. The minimum Gasteiger partial charge on any atom is -0.329 e. The van der Waals surface area contributed by atoms with Gasteiger partial charge in [0.05, 0.1) is 0 Å². The maximum atomic E-state index is 5.72. The van der Waals surface area contributed by atoms with Crippen LogP contribution in [0.4, 0.5) is 0 Å². The molecule has 0 saturated heterocycles. The van der Waals surface area contributed by atoms with Crippen molar-refractivity contribution in [2.75, 3.05) is 85.1 Å². The van der Waals surface area contributed by atoms with E-state index in [1.54, 1.807) is 0 Å². The van der Waals surface area contributed by atoms with Gasteiger partial charge in [0.2, 0.25) is 0 Å². The van der Waals surface area contributed by atoms with Crippen molar-refractivity contribution in [2.45, 2.75) is 6.92 Å². The molecule has 21 heavy (non-hydrogen) atoms. The van der Waals surface area contributed by atoms with Crippen LogP contribution in [0.15, 0.2) is 0 Å². The highest BCUT2D eigenvalue weighted by atomic mass is 15.2. The zero-order valence-corrected chi connectivity index (χ0v) is 13.8. The standard InChI is InChI=1S/C14H37N7/c1-2-19(7-3-15)11-12-21(10-6-18)14-13-20(8-4-16)9-5-17/h2-18H2,1H3. The highest BCUT2D eigenvalue weighted by Crippen LogP contribution is 1.94. The monoisotopic (exact) mass is 303 g/mol. The van der Waals surface area contributed by atoms with Gasteiger partial charge in [-0.05, 0) is 6.54 Å². The maximum Gasteiger partial charge on any atom is 0.0110 e. The van der Waals surface area contributed by atoms with Crippen molar-refractivity contribution in [3.63, 3.8) is 0 Å². The van der Waals surface area contributed by atoms with E-state index in [-0.39, 0.29) is 0 Å². The molecule has 0 bridgehead atoms. The molecular weight excluding hydrogens is 266 g/mol. The number of nitrogens with zero attached hydrogens (tertiary/aromatic N) is 3. The summed E-state index contributed by atoms with van der Waals surface area (Å²) in [6.45, 7) is 13.8. The van der Waals surface area contributed by atoms with E-state index in [1.807, 2.05) is 0 Å². The van der Waals surface area contributed by atoms with Crippen molar-refractivity contribution in [3.05, 3.63) is 0 Å². The van der Waals surface area contributed by atoms with E-state index in [1.165, 1.54) is 0 Å². The fourth-order valence-electron chi connectivity index (χ4n) is 2.39. The second-order valence-corrected chi connectivity index (χ2v) is 5.27. The molecule has 0 aliphatic carbocycles. The highest BCUT2D eigenvalue weighted by Gasteiger charge is 2.09. The van der Waals surface area contributed by atoms with Crippen LogP contribution in [0.1, 0.15) is 6.92 Å². The summed E-state index contributed by atoms with van der Waals surface area (Å²) in [7, 11) is 0. The first-order valence-electron chi connectivity index (χ1n) is 8.19. The van der Waals surface area contributed by atoms with Crippen molar-refractivity contribution in [1.29, 1.82) is 0 Å². The molecule has 0 aliphatic rings. The smallest absolute Gasteiger partial charge is 0.0110 e. The van der Waals surface area contributed by atoms with Crippen LogP contribution in [0.2, 0.25) is 0 Å². The Hall–Kier alpha value is -0.280. The van der Waals surface area contributed by atoms with Crippen molar-refractivity contribution in [3.8, 4) is 0 Å². The van der Waals surface area contributed by atoms with E-state index in [2.05, 4.69) is 21.6 Å². The van der Waals surface area contributed by atoms with Gasteiger partial charge >= 0.3 is 0 Å². The summed E-state index contributed by atoms with van der Waals surface area (Å²) < 4.78 is 0. The third-order valence-corrected chi connectivity index (χ3v) is 3.69. The Balaban J connectivity index is 4.14. The summed E-state index contributed by atoms with van der Waals surface area (Å²) in [4.78, 5) is 7.11. The van der Waals surface area contributed by atoms with E-state index in [0.29, 0.717) is 26.2 Å². The quantitative estimate of drug-likeness (QED) is 0.270. The molecular formula is C14H37N7. The van der Waals surface area contributed by atoms with Crippen LogP contribution in [0, 0.1) is 0 Å². The molecule has 0 saturated carbocycles. The molecule has 0 heterocycles. The number of nitrogens with two attached hydrogens (primary N) is 4. The topological polar surface area (TPSA) is 114 Å². The van der Waals surface area contributed by atoms with Crippen molar-refractivity contribution < 1.29 is 0 Å². The van der Waals surface area contributed by atoms with Crippen LogP contribution < -0.4 is 22.9 Å². The Morgan fingerprint density at radius 2 is 0.762 bits per heavy atom. The molecule has 0 unspecified atom stereocenters. The predicted molar refractivity (Wildman–Crippen MR) is 91.2 cm³/mol. The molecule has 128 valence electrons. The average Bonchev–Trinajstić information content (AvgIpc) is 2.48. The molecule has 0 aromatic heterocycles. The number of rotatable bonds is 15. The number of likely N-dealkylation sites (N-methyl/N-ethyl adjacent to an activating group) is 1. The average molecular weight is 303 g/mol. The van der Waals surface area contributed by atoms with Crippen molar-refractivity contribution >= 4 is 0 Å². The normalized spacial score (nSPS) is 12.0. The largest absolute Gasteiger partial charge is 0.329 e. The van der Waals surface area contributed by atoms with Crippen LogP contribution >= 0.6 is 0 Å². The molecule has 0 rings (SSSR count). The Morgan fingerprint density at radius 3 is 1.10 bits per heavy atom. The molecule has 0 aromatic rings. The van der Waals surface area contributed by atoms with Gasteiger partial charge < -0.3 is 27.8 Å². The lowest BCUT2D eigenvalue weighted by Crippen LogP contribution is -2.44. The lowest BCUT2D eigenvalue weighted by molar-refractivity contribution is 0.185. The zero-order chi connectivity index (χ0) is 15.9. The van der Waals surface area contributed by atoms with E-state index < -0.39 is 0 Å². The number of hydrogen-bond acceptors (Lipinski definition) is 7. The summed E-state index contributed by atoms with van der Waals surface area (Å²) in [5, 5.41) is 0. The molecule has 7 nitrogen and oxygen atoms in total. The van der Waals surface area contributed by atoms with Crippen LogP contribution in [0.3, 0.4) is 0 Å². The van der Waals surface area contributed by atoms with Gasteiger partial charge in [-0.1, -0.05) is 6.92 Å². The summed E-state index contributed by atoms with van der Waals surface area (Å²) in [5.74, 6) is 0. The van der Waals surface area contributed by atoms with Crippen LogP contribution in [-0.2, 0) is 0 Å². The van der Waals surface area contributed by atoms with Gasteiger partial charge in [0.1, 0.15) is 0 Å². The Kier molecular flexibility index (Phi) is 14.5. The summed E-state index contributed by atoms with van der Waals surface area (Å²) in [6, 6.07) is 0. The molecule has 8 N–H and O–H groups in total. The molecule has 0 aromatic carbocycles. The highest BCUT2D eigenvalue weighted by molar-refractivity contribution is 4.67. The predicted octanol–water partition coefficient (Wildman–Crippen LogP) is -2.25. The minimum absolute atomic E-state index is 0.678. The molecule has 0 fully saturated rings. The third-order valence-electron chi connectivity index (χ3n) is 3.69. The van der Waals surface area contributed by atoms with Crippen LogP contribution in [0.5, 0.6) is 0 Å². The van der Waals surface area contributed by atoms with Gasteiger partial charge in [0.25, 0.3) is 0 Å². The molecule has 0 spiro atoms. The van der Waals surface area contributed by atoms with Crippen LogP contribution in [0.25, 0.3) is 0 Å². The van der Waals surface area contributed by atoms with Crippen LogP contribution in [-0.4, -0.2) is 99.8 Å². The van der Waals surface area contributed by atoms with Crippen molar-refractivity contribution in [2.24, 2.45) is 22.9 Å². The van der Waals surface area contributed by atoms with E-state index in [9.17, 15) is 0 Å². The second kappa shape index (κ2) is 14.6. The summed E-state index contributed by atoms with van der Waals surface area (Å²) >= 11 is 0. The van der Waals surface area contributed by atoms with E-state index in [0.717, 1.165) is 58.9 Å². The first-order valence-corrected chi connectivity index (χ1v) is 8.19. The zero-order valence-electron chi connectivity index (χ0n) is 13.8. The van der Waals surface area contributed by atoms with Gasteiger partial charge in [-0.15, -0.1) is 0 Å². The summed E-state index contributed by atoms with van der Waals surface area (Å²) in [5.41, 5.74) is 22.6.